The van der Waals surface area contributed by atoms with Gasteiger partial charge in [0.25, 0.3) is 0 Å². The van der Waals surface area contributed by atoms with Gasteiger partial charge in [-0.2, -0.15) is 0 Å². The largest absolute Gasteiger partial charge is 0.373 e. The highest BCUT2D eigenvalue weighted by Gasteiger charge is 2.43. The molecule has 3 fully saturated rings. The molecular formula is C21H33IN4O. The van der Waals surface area contributed by atoms with Crippen molar-refractivity contribution in [2.24, 2.45) is 10.9 Å². The molecule has 4 atom stereocenters. The van der Waals surface area contributed by atoms with E-state index in [9.17, 15) is 0 Å². The number of nitrogens with one attached hydrogen (secondary N) is 1. The Morgan fingerprint density at radius 1 is 1.26 bits per heavy atom. The molecule has 5 nitrogen and oxygen atoms in total. The number of halogens is 1. The van der Waals surface area contributed by atoms with Crippen LogP contribution < -0.4 is 5.32 Å². The van der Waals surface area contributed by atoms with E-state index < -0.39 is 0 Å². The first kappa shape index (κ1) is 20.9. The summed E-state index contributed by atoms with van der Waals surface area (Å²) in [5.41, 5.74) is 1.38. The molecule has 0 amide bonds. The number of rotatable bonds is 5. The van der Waals surface area contributed by atoms with Crippen molar-refractivity contribution in [2.45, 2.75) is 50.9 Å². The number of hydrogen-bond donors (Lipinski definition) is 1. The van der Waals surface area contributed by atoms with E-state index in [0.717, 1.165) is 44.7 Å². The van der Waals surface area contributed by atoms with E-state index >= 15 is 0 Å². The SMILES string of the molecule is CCCC1CC1NC(=NC)N1CC2OCCN(Cc3ccccc3)C2C1.I. The Balaban J connectivity index is 0.00000210. The molecule has 0 spiro atoms. The van der Waals surface area contributed by atoms with Crippen LogP contribution in [0, 0.1) is 5.92 Å². The molecule has 1 aromatic carbocycles. The van der Waals surface area contributed by atoms with E-state index in [1.165, 1.54) is 24.8 Å². The van der Waals surface area contributed by atoms with Gasteiger partial charge in [0, 0.05) is 39.3 Å². The molecule has 150 valence electrons. The average molecular weight is 484 g/mol. The Bertz CT molecular complexity index is 626. The molecule has 27 heavy (non-hydrogen) atoms. The van der Waals surface area contributed by atoms with Crippen LogP contribution in [0.3, 0.4) is 0 Å². The lowest BCUT2D eigenvalue weighted by atomic mass is 10.1. The van der Waals surface area contributed by atoms with Crippen LogP contribution in [-0.2, 0) is 11.3 Å². The molecule has 1 aromatic rings. The summed E-state index contributed by atoms with van der Waals surface area (Å²) in [4.78, 5) is 9.56. The lowest BCUT2D eigenvalue weighted by Gasteiger charge is -2.36. The van der Waals surface area contributed by atoms with Crippen LogP contribution in [0.1, 0.15) is 31.7 Å². The number of ether oxygens (including phenoxy) is 1. The highest BCUT2D eigenvalue weighted by Crippen LogP contribution is 2.35. The van der Waals surface area contributed by atoms with Gasteiger partial charge in [-0.1, -0.05) is 43.7 Å². The third-order valence-electron chi connectivity index (χ3n) is 6.05. The number of hydrogen-bond acceptors (Lipinski definition) is 3. The van der Waals surface area contributed by atoms with Gasteiger partial charge in [-0.25, -0.2) is 0 Å². The van der Waals surface area contributed by atoms with Gasteiger partial charge in [-0.3, -0.25) is 9.89 Å². The second-order valence-corrected chi connectivity index (χ2v) is 7.92. The smallest absolute Gasteiger partial charge is 0.194 e. The second-order valence-electron chi connectivity index (χ2n) is 7.92. The summed E-state index contributed by atoms with van der Waals surface area (Å²) in [6.07, 6.45) is 4.19. The third kappa shape index (κ3) is 4.95. The van der Waals surface area contributed by atoms with Crippen molar-refractivity contribution in [2.75, 3.05) is 33.3 Å². The van der Waals surface area contributed by atoms with E-state index in [1.54, 1.807) is 0 Å². The summed E-state index contributed by atoms with van der Waals surface area (Å²) in [5, 5.41) is 3.69. The third-order valence-corrected chi connectivity index (χ3v) is 6.05. The summed E-state index contributed by atoms with van der Waals surface area (Å²) < 4.78 is 6.11. The van der Waals surface area contributed by atoms with E-state index in [4.69, 9.17) is 4.74 Å². The maximum Gasteiger partial charge on any atom is 0.194 e. The van der Waals surface area contributed by atoms with Crippen molar-refractivity contribution in [3.05, 3.63) is 35.9 Å². The van der Waals surface area contributed by atoms with Crippen LogP contribution in [0.25, 0.3) is 0 Å². The molecular weight excluding hydrogens is 451 g/mol. The highest BCUT2D eigenvalue weighted by atomic mass is 127. The van der Waals surface area contributed by atoms with Crippen LogP contribution in [0.15, 0.2) is 35.3 Å². The molecule has 1 aliphatic carbocycles. The summed E-state index contributed by atoms with van der Waals surface area (Å²) >= 11 is 0. The lowest BCUT2D eigenvalue weighted by Crippen LogP contribution is -2.50. The van der Waals surface area contributed by atoms with Crippen molar-refractivity contribution in [3.8, 4) is 0 Å². The fourth-order valence-corrected chi connectivity index (χ4v) is 4.52. The molecule has 2 aliphatic heterocycles. The Kier molecular flexibility index (Phi) is 7.39. The molecule has 2 heterocycles. The van der Waals surface area contributed by atoms with Gasteiger partial charge in [0.2, 0.25) is 0 Å². The van der Waals surface area contributed by atoms with Gasteiger partial charge in [0.15, 0.2) is 5.96 Å². The van der Waals surface area contributed by atoms with E-state index in [1.807, 2.05) is 7.05 Å². The molecule has 0 radical (unpaired) electrons. The zero-order valence-corrected chi connectivity index (χ0v) is 18.8. The molecule has 3 aliphatic rings. The van der Waals surface area contributed by atoms with Gasteiger partial charge < -0.3 is 15.0 Å². The van der Waals surface area contributed by atoms with Crippen molar-refractivity contribution in [3.63, 3.8) is 0 Å². The van der Waals surface area contributed by atoms with E-state index in [-0.39, 0.29) is 30.1 Å². The number of benzene rings is 1. The summed E-state index contributed by atoms with van der Waals surface area (Å²) in [6.45, 7) is 7.07. The fourth-order valence-electron chi connectivity index (χ4n) is 4.52. The van der Waals surface area contributed by atoms with Crippen LogP contribution in [0.2, 0.25) is 0 Å². The number of aliphatic imine (C=N–C) groups is 1. The van der Waals surface area contributed by atoms with Crippen LogP contribution >= 0.6 is 24.0 Å². The first-order valence-electron chi connectivity index (χ1n) is 10.2. The Hall–Kier alpha value is -0.860. The van der Waals surface area contributed by atoms with Gasteiger partial charge in [-0.15, -0.1) is 24.0 Å². The van der Waals surface area contributed by atoms with Crippen LogP contribution in [0.4, 0.5) is 0 Å². The van der Waals surface area contributed by atoms with Crippen molar-refractivity contribution >= 4 is 29.9 Å². The Morgan fingerprint density at radius 2 is 2.07 bits per heavy atom. The first-order chi connectivity index (χ1) is 12.8. The maximum atomic E-state index is 6.11. The highest BCUT2D eigenvalue weighted by molar-refractivity contribution is 14.0. The molecule has 0 aromatic heterocycles. The minimum atomic E-state index is 0. The summed E-state index contributed by atoms with van der Waals surface area (Å²) in [6, 6.07) is 11.9. The van der Waals surface area contributed by atoms with Gasteiger partial charge in [0.1, 0.15) is 0 Å². The van der Waals surface area contributed by atoms with Crippen LogP contribution in [-0.4, -0.2) is 67.2 Å². The van der Waals surface area contributed by atoms with Crippen molar-refractivity contribution in [1.29, 1.82) is 0 Å². The Labute approximate surface area is 180 Å². The maximum absolute atomic E-state index is 6.11. The topological polar surface area (TPSA) is 40.1 Å². The molecule has 4 rings (SSSR count). The average Bonchev–Trinajstić information content (AvgIpc) is 3.24. The predicted molar refractivity (Wildman–Crippen MR) is 121 cm³/mol. The number of morpholine rings is 1. The zero-order chi connectivity index (χ0) is 17.9. The van der Waals surface area contributed by atoms with Crippen molar-refractivity contribution in [1.82, 2.24) is 15.1 Å². The molecule has 6 heteroatoms. The summed E-state index contributed by atoms with van der Waals surface area (Å²) in [7, 11) is 1.91. The minimum Gasteiger partial charge on any atom is -0.373 e. The van der Waals surface area contributed by atoms with Gasteiger partial charge in [0.05, 0.1) is 18.8 Å². The first-order valence-corrected chi connectivity index (χ1v) is 10.2. The van der Waals surface area contributed by atoms with Gasteiger partial charge >= 0.3 is 0 Å². The standard InChI is InChI=1S/C21H32N4O.HI/c1-3-7-17-12-18(17)23-21(22-2)25-14-19-20(15-25)26-11-10-24(19)13-16-8-5-4-6-9-16;/h4-6,8-9,17-20H,3,7,10-15H2,1-2H3,(H,22,23);1H. The summed E-state index contributed by atoms with van der Waals surface area (Å²) in [5.74, 6) is 1.90. The number of fused-ring (bicyclic) bond motifs is 1. The number of nitrogens with zero attached hydrogens (tertiary/aromatic N) is 3. The normalized spacial score (nSPS) is 30.6. The van der Waals surface area contributed by atoms with Crippen LogP contribution in [0.5, 0.6) is 0 Å². The van der Waals surface area contributed by atoms with Gasteiger partial charge in [-0.05, 0) is 24.3 Å². The molecule has 4 unspecified atom stereocenters. The van der Waals surface area contributed by atoms with Crippen molar-refractivity contribution < 1.29 is 4.74 Å². The molecule has 2 saturated heterocycles. The van der Waals surface area contributed by atoms with E-state index in [0.29, 0.717) is 12.1 Å². The van der Waals surface area contributed by atoms with E-state index in [2.05, 4.69) is 57.4 Å². The zero-order valence-electron chi connectivity index (χ0n) is 16.5. The molecule has 0 bridgehead atoms. The predicted octanol–water partition coefficient (Wildman–Crippen LogP) is 2.95. The Morgan fingerprint density at radius 3 is 2.81 bits per heavy atom. The molecule has 1 saturated carbocycles. The monoisotopic (exact) mass is 484 g/mol. The molecule has 1 N–H and O–H groups in total. The number of likely N-dealkylation sites (tertiary alicyclic amines) is 1. The minimum absolute atomic E-state index is 0. The number of guanidine groups is 1. The lowest BCUT2D eigenvalue weighted by molar-refractivity contribution is -0.0502. The quantitative estimate of drug-likeness (QED) is 0.397. The second kappa shape index (κ2) is 9.56. The fraction of sp³-hybridized carbons (Fsp3) is 0.667.